The summed E-state index contributed by atoms with van der Waals surface area (Å²) >= 11 is 2.28. The summed E-state index contributed by atoms with van der Waals surface area (Å²) in [5.74, 6) is 1.77. The van der Waals surface area contributed by atoms with Crippen LogP contribution >= 0.6 is 22.6 Å². The van der Waals surface area contributed by atoms with E-state index in [-0.39, 0.29) is 17.5 Å². The normalized spacial score (nSPS) is 13.2. The predicted molar refractivity (Wildman–Crippen MR) is 150 cm³/mol. The molecule has 2 amide bonds. The summed E-state index contributed by atoms with van der Waals surface area (Å²) in [5.41, 5.74) is 2.99. The molecule has 0 spiro atoms. The van der Waals surface area contributed by atoms with Crippen LogP contribution in [0.25, 0.3) is 11.0 Å². The number of carbonyl (C=O) groups is 2. The van der Waals surface area contributed by atoms with Gasteiger partial charge in [0.05, 0.1) is 11.0 Å². The topological polar surface area (TPSA) is 101 Å². The largest absolute Gasteiger partial charge is 0.457 e. The van der Waals surface area contributed by atoms with Gasteiger partial charge in [-0.1, -0.05) is 6.07 Å². The van der Waals surface area contributed by atoms with E-state index >= 15 is 0 Å². The molecule has 1 aliphatic heterocycles. The molecule has 1 saturated heterocycles. The van der Waals surface area contributed by atoms with Crippen LogP contribution < -0.4 is 15.4 Å². The molecule has 2 aromatic carbocycles. The monoisotopic (exact) mass is 610 g/mol. The van der Waals surface area contributed by atoms with E-state index in [0.29, 0.717) is 37.4 Å². The first-order valence-corrected chi connectivity index (χ1v) is 13.2. The Bertz CT molecular complexity index is 1450. The van der Waals surface area contributed by atoms with Crippen molar-refractivity contribution in [2.24, 2.45) is 7.05 Å². The van der Waals surface area contributed by atoms with Crippen molar-refractivity contribution in [2.75, 3.05) is 25.0 Å². The third-order valence-electron chi connectivity index (χ3n) is 6.19. The second-order valence-electron chi connectivity index (χ2n) is 8.85. The maximum Gasteiger partial charge on any atom is 0.270 e. The Morgan fingerprint density at radius 1 is 1.14 bits per heavy atom. The highest BCUT2D eigenvalue weighted by atomic mass is 127. The third kappa shape index (κ3) is 6.01. The summed E-state index contributed by atoms with van der Waals surface area (Å²) in [5, 5.41) is 6.23. The van der Waals surface area contributed by atoms with E-state index in [2.05, 4.69) is 44.3 Å². The second kappa shape index (κ2) is 11.2. The maximum atomic E-state index is 12.6. The van der Waals surface area contributed by atoms with Crippen LogP contribution in [0.5, 0.6) is 11.5 Å². The number of fused-ring (bicyclic) bond motifs is 1. The van der Waals surface area contributed by atoms with Crippen molar-refractivity contribution in [2.45, 2.75) is 19.3 Å². The van der Waals surface area contributed by atoms with E-state index in [4.69, 9.17) is 9.72 Å². The van der Waals surface area contributed by atoms with E-state index in [9.17, 15) is 9.59 Å². The number of amides is 2. The Morgan fingerprint density at radius 2 is 2.00 bits per heavy atom. The maximum absolute atomic E-state index is 12.6. The van der Waals surface area contributed by atoms with E-state index in [0.717, 1.165) is 39.2 Å². The van der Waals surface area contributed by atoms with Gasteiger partial charge in [-0.05, 0) is 71.8 Å². The number of pyridine rings is 1. The molecule has 37 heavy (non-hydrogen) atoms. The molecule has 0 atom stereocenters. The van der Waals surface area contributed by atoms with Crippen molar-refractivity contribution < 1.29 is 14.3 Å². The molecule has 0 unspecified atom stereocenters. The van der Waals surface area contributed by atoms with Crippen LogP contribution in [0.4, 0.5) is 11.6 Å². The predicted octanol–water partition coefficient (Wildman–Crippen LogP) is 4.85. The van der Waals surface area contributed by atoms with Gasteiger partial charge in [0.2, 0.25) is 11.9 Å². The first kappa shape index (κ1) is 25.0. The van der Waals surface area contributed by atoms with Crippen LogP contribution in [0, 0.1) is 3.57 Å². The van der Waals surface area contributed by atoms with Gasteiger partial charge in [-0.15, -0.1) is 0 Å². The van der Waals surface area contributed by atoms with Gasteiger partial charge in [0.1, 0.15) is 17.2 Å². The first-order valence-electron chi connectivity index (χ1n) is 12.2. The molecule has 2 aromatic heterocycles. The quantitative estimate of drug-likeness (QED) is 0.208. The molecule has 10 heteroatoms. The van der Waals surface area contributed by atoms with Crippen LogP contribution in [0.1, 0.15) is 29.8 Å². The molecule has 0 saturated carbocycles. The second-order valence-corrected chi connectivity index (χ2v) is 10.1. The molecule has 1 aliphatic rings. The van der Waals surface area contributed by atoms with Gasteiger partial charge in [-0.25, -0.2) is 4.98 Å². The zero-order valence-electron chi connectivity index (χ0n) is 20.4. The number of likely N-dealkylation sites (tertiary alicyclic amines) is 1. The Labute approximate surface area is 228 Å². The molecule has 0 bridgehead atoms. The van der Waals surface area contributed by atoms with Crippen molar-refractivity contribution in [3.8, 4) is 11.5 Å². The number of aromatic nitrogens is 3. The smallest absolute Gasteiger partial charge is 0.270 e. The van der Waals surface area contributed by atoms with Crippen LogP contribution in [0.2, 0.25) is 0 Å². The molecule has 5 rings (SSSR count). The van der Waals surface area contributed by atoms with Crippen molar-refractivity contribution in [3.63, 3.8) is 0 Å². The summed E-state index contributed by atoms with van der Waals surface area (Å²) in [7, 11) is 1.96. The molecular weight excluding hydrogens is 583 g/mol. The summed E-state index contributed by atoms with van der Waals surface area (Å²) in [4.78, 5) is 35.0. The van der Waals surface area contributed by atoms with Gasteiger partial charge in [-0.3, -0.25) is 14.6 Å². The van der Waals surface area contributed by atoms with Crippen LogP contribution in [-0.4, -0.2) is 50.9 Å². The van der Waals surface area contributed by atoms with Crippen molar-refractivity contribution in [3.05, 3.63) is 70.1 Å². The molecule has 0 aliphatic carbocycles. The highest BCUT2D eigenvalue weighted by Gasteiger charge is 2.19. The summed E-state index contributed by atoms with van der Waals surface area (Å²) in [6, 6.07) is 17.1. The van der Waals surface area contributed by atoms with E-state index in [1.165, 1.54) is 0 Å². The first-order chi connectivity index (χ1) is 18.0. The van der Waals surface area contributed by atoms with Crippen molar-refractivity contribution in [1.82, 2.24) is 24.8 Å². The number of ether oxygens (including phenoxy) is 1. The number of hydrogen-bond donors (Lipinski definition) is 2. The van der Waals surface area contributed by atoms with Crippen molar-refractivity contribution >= 4 is 57.1 Å². The zero-order valence-corrected chi connectivity index (χ0v) is 22.6. The highest BCUT2D eigenvalue weighted by molar-refractivity contribution is 14.1. The van der Waals surface area contributed by atoms with Gasteiger partial charge in [0.15, 0.2) is 0 Å². The molecule has 190 valence electrons. The number of anilines is 2. The van der Waals surface area contributed by atoms with Crippen LogP contribution in [-0.2, 0) is 11.8 Å². The lowest BCUT2D eigenvalue weighted by Gasteiger charge is -2.15. The Hall–Kier alpha value is -3.67. The fourth-order valence-corrected chi connectivity index (χ4v) is 4.83. The number of aryl methyl sites for hydroxylation is 1. The van der Waals surface area contributed by atoms with E-state index in [1.807, 2.05) is 52.9 Å². The Kier molecular flexibility index (Phi) is 7.54. The molecule has 4 aromatic rings. The fourth-order valence-electron chi connectivity index (χ4n) is 4.29. The molecule has 0 radical (unpaired) electrons. The lowest BCUT2D eigenvalue weighted by atomic mass is 10.3. The fraction of sp³-hybridized carbons (Fsp3) is 0.259. The molecule has 3 heterocycles. The summed E-state index contributed by atoms with van der Waals surface area (Å²) in [6.45, 7) is 1.94. The molecule has 2 N–H and O–H groups in total. The minimum atomic E-state index is -0.273. The molecule has 1 fully saturated rings. The summed E-state index contributed by atoms with van der Waals surface area (Å²) < 4.78 is 9.16. The van der Waals surface area contributed by atoms with Gasteiger partial charge in [-0.2, -0.15) is 0 Å². The van der Waals surface area contributed by atoms with E-state index in [1.54, 1.807) is 18.3 Å². The number of benzene rings is 2. The van der Waals surface area contributed by atoms with Crippen LogP contribution in [0.3, 0.4) is 0 Å². The van der Waals surface area contributed by atoms with Gasteiger partial charge in [0.25, 0.3) is 5.91 Å². The highest BCUT2D eigenvalue weighted by Crippen LogP contribution is 2.28. The number of carbonyl (C=O) groups excluding carboxylic acids is 2. The lowest BCUT2D eigenvalue weighted by molar-refractivity contribution is -0.127. The Balaban J connectivity index is 1.22. The zero-order chi connectivity index (χ0) is 25.8. The average Bonchev–Trinajstić information content (AvgIpc) is 3.43. The van der Waals surface area contributed by atoms with E-state index < -0.39 is 0 Å². The third-order valence-corrected chi connectivity index (χ3v) is 6.87. The van der Waals surface area contributed by atoms with Crippen molar-refractivity contribution in [1.29, 1.82) is 0 Å². The van der Waals surface area contributed by atoms with Crippen LogP contribution in [0.15, 0.2) is 60.8 Å². The minimum Gasteiger partial charge on any atom is -0.457 e. The number of nitrogens with zero attached hydrogens (tertiary/aromatic N) is 4. The molecule has 9 nitrogen and oxygen atoms in total. The number of rotatable bonds is 9. The number of nitrogens with one attached hydrogen (secondary N) is 2. The van der Waals surface area contributed by atoms with Gasteiger partial charge < -0.3 is 24.8 Å². The number of imidazole rings is 1. The minimum absolute atomic E-state index is 0.195. The SMILES string of the molecule is Cn1c(Nc2cccc(I)c2)nc2cc(Oc3ccnc(C(=O)NCCCN4CCCC4=O)c3)ccc21. The molecular formula is C27H27IN6O3. The number of hydrogen-bond acceptors (Lipinski definition) is 6. The number of halogens is 1. The standard InChI is InChI=1S/C27H27IN6O3/c1-33-24-9-8-20(16-22(24)32-27(33)31-19-6-2-5-18(28)15-19)37-21-10-12-29-23(17-21)26(36)30-11-4-14-34-13-3-7-25(34)35/h2,5-6,8-10,12,15-17H,3-4,7,11,13-14H2,1H3,(H,30,36)(H,31,32). The van der Waals surface area contributed by atoms with Gasteiger partial charge >= 0.3 is 0 Å². The van der Waals surface area contributed by atoms with Gasteiger partial charge in [0, 0.05) is 60.7 Å². The summed E-state index contributed by atoms with van der Waals surface area (Å²) in [6.07, 6.45) is 3.80. The average molecular weight is 610 g/mol. The Morgan fingerprint density at radius 3 is 2.81 bits per heavy atom. The lowest BCUT2D eigenvalue weighted by Crippen LogP contribution is -2.30.